The fourth-order valence-electron chi connectivity index (χ4n) is 1.17. The number of rotatable bonds is 3. The predicted octanol–water partition coefficient (Wildman–Crippen LogP) is 0.669. The van der Waals surface area contributed by atoms with Gasteiger partial charge in [0.05, 0.1) is 17.4 Å². The molecule has 0 aliphatic carbocycles. The molecule has 74 valence electrons. The summed E-state index contributed by atoms with van der Waals surface area (Å²) in [6.07, 6.45) is 4.89. The molecular weight excluding hydrogens is 202 g/mol. The fraction of sp³-hybridized carbons (Fsp3) is 0.375. The number of hydrogen-bond donors (Lipinski definition) is 1. The third-order valence-electron chi connectivity index (χ3n) is 1.81. The number of nitrogens with zero attached hydrogens (tertiary/aromatic N) is 4. The zero-order valence-corrected chi connectivity index (χ0v) is 8.28. The lowest BCUT2D eigenvalue weighted by Crippen LogP contribution is -2.01. The van der Waals surface area contributed by atoms with Crippen molar-refractivity contribution in [1.82, 2.24) is 19.6 Å². The van der Waals surface area contributed by atoms with Gasteiger partial charge in [-0.3, -0.25) is 0 Å². The summed E-state index contributed by atoms with van der Waals surface area (Å²) in [4.78, 5) is 8.25. The maximum atomic E-state index is 5.76. The Balaban J connectivity index is 2.32. The largest absolute Gasteiger partial charge is 0.330 e. The topological polar surface area (TPSA) is 69.1 Å². The van der Waals surface area contributed by atoms with Crippen LogP contribution in [0.1, 0.15) is 12.2 Å². The van der Waals surface area contributed by atoms with Crippen molar-refractivity contribution >= 4 is 17.4 Å². The Labute approximate surface area is 85.9 Å². The van der Waals surface area contributed by atoms with Crippen LogP contribution in [0.2, 0.25) is 5.02 Å². The number of hydrogen-bond acceptors (Lipinski definition) is 4. The first-order valence-electron chi connectivity index (χ1n) is 4.36. The molecule has 0 unspecified atom stereocenters. The normalized spacial score (nSPS) is 11.0. The lowest BCUT2D eigenvalue weighted by Gasteiger charge is -1.89. The minimum Gasteiger partial charge on any atom is -0.330 e. The van der Waals surface area contributed by atoms with Gasteiger partial charge in [0.25, 0.3) is 5.78 Å². The average Bonchev–Trinajstić information content (AvgIpc) is 2.56. The molecule has 0 amide bonds. The van der Waals surface area contributed by atoms with E-state index in [9.17, 15) is 0 Å². The summed E-state index contributed by atoms with van der Waals surface area (Å²) in [6, 6.07) is 0. The van der Waals surface area contributed by atoms with Crippen LogP contribution in [0.3, 0.4) is 0 Å². The van der Waals surface area contributed by atoms with Crippen molar-refractivity contribution in [3.8, 4) is 0 Å². The highest BCUT2D eigenvalue weighted by Gasteiger charge is 2.03. The molecule has 0 aromatic carbocycles. The Kier molecular flexibility index (Phi) is 2.60. The van der Waals surface area contributed by atoms with Crippen LogP contribution in [0.25, 0.3) is 5.78 Å². The summed E-state index contributed by atoms with van der Waals surface area (Å²) in [5.41, 5.74) is 5.40. The molecule has 0 fully saturated rings. The summed E-state index contributed by atoms with van der Waals surface area (Å²) >= 11 is 5.76. The van der Waals surface area contributed by atoms with E-state index in [-0.39, 0.29) is 0 Å². The molecule has 2 N–H and O–H groups in total. The van der Waals surface area contributed by atoms with Crippen molar-refractivity contribution in [3.63, 3.8) is 0 Å². The smallest absolute Gasteiger partial charge is 0.252 e. The van der Waals surface area contributed by atoms with E-state index in [1.165, 1.54) is 0 Å². The standard InChI is InChI=1S/C8H10ClN5/c9-6-4-11-8-12-7(2-1-3-10)13-14(8)5-6/h4-5H,1-3,10H2. The molecule has 14 heavy (non-hydrogen) atoms. The van der Waals surface area contributed by atoms with Crippen LogP contribution in [-0.2, 0) is 6.42 Å². The van der Waals surface area contributed by atoms with Crippen LogP contribution in [0, 0.1) is 0 Å². The summed E-state index contributed by atoms with van der Waals surface area (Å²) in [5, 5.41) is 4.76. The first kappa shape index (κ1) is 9.36. The van der Waals surface area contributed by atoms with Crippen molar-refractivity contribution in [1.29, 1.82) is 0 Å². The van der Waals surface area contributed by atoms with Crippen LogP contribution < -0.4 is 5.73 Å². The minimum absolute atomic E-state index is 0.549. The fourth-order valence-corrected chi connectivity index (χ4v) is 1.31. The number of fused-ring (bicyclic) bond motifs is 1. The molecule has 2 rings (SSSR count). The Morgan fingerprint density at radius 3 is 3.14 bits per heavy atom. The van der Waals surface area contributed by atoms with Crippen LogP contribution in [0.15, 0.2) is 12.4 Å². The highest BCUT2D eigenvalue weighted by atomic mass is 35.5. The molecule has 0 atom stereocenters. The lowest BCUT2D eigenvalue weighted by atomic mass is 10.3. The first-order chi connectivity index (χ1) is 6.79. The molecule has 2 heterocycles. The van der Waals surface area contributed by atoms with Crippen molar-refractivity contribution in [2.75, 3.05) is 6.54 Å². The van der Waals surface area contributed by atoms with Gasteiger partial charge in [-0.05, 0) is 13.0 Å². The zero-order chi connectivity index (χ0) is 9.97. The summed E-state index contributed by atoms with van der Waals surface area (Å²) in [7, 11) is 0. The van der Waals surface area contributed by atoms with E-state index < -0.39 is 0 Å². The van der Waals surface area contributed by atoms with Gasteiger partial charge >= 0.3 is 0 Å². The Morgan fingerprint density at radius 2 is 2.36 bits per heavy atom. The number of nitrogens with two attached hydrogens (primary N) is 1. The van der Waals surface area contributed by atoms with Crippen molar-refractivity contribution < 1.29 is 0 Å². The third-order valence-corrected chi connectivity index (χ3v) is 2.01. The van der Waals surface area contributed by atoms with E-state index >= 15 is 0 Å². The van der Waals surface area contributed by atoms with Gasteiger partial charge in [0.1, 0.15) is 0 Å². The average molecular weight is 212 g/mol. The Morgan fingerprint density at radius 1 is 1.50 bits per heavy atom. The highest BCUT2D eigenvalue weighted by molar-refractivity contribution is 6.30. The van der Waals surface area contributed by atoms with Crippen LogP contribution in [-0.4, -0.2) is 26.1 Å². The molecule has 0 radical (unpaired) electrons. The van der Waals surface area contributed by atoms with Gasteiger partial charge in [-0.2, -0.15) is 4.98 Å². The highest BCUT2D eigenvalue weighted by Crippen LogP contribution is 2.07. The van der Waals surface area contributed by atoms with Crippen molar-refractivity contribution in [2.24, 2.45) is 5.73 Å². The second kappa shape index (κ2) is 3.89. The first-order valence-corrected chi connectivity index (χ1v) is 4.74. The van der Waals surface area contributed by atoms with Crippen molar-refractivity contribution in [2.45, 2.75) is 12.8 Å². The van der Waals surface area contributed by atoms with Gasteiger partial charge in [-0.15, -0.1) is 5.10 Å². The molecule has 0 saturated carbocycles. The molecule has 0 aliphatic rings. The minimum atomic E-state index is 0.549. The molecular formula is C8H10ClN5. The molecule has 0 saturated heterocycles. The molecule has 2 aromatic rings. The van der Waals surface area contributed by atoms with Crippen LogP contribution >= 0.6 is 11.6 Å². The van der Waals surface area contributed by atoms with E-state index in [2.05, 4.69) is 15.1 Å². The SMILES string of the molecule is NCCCc1nc2ncc(Cl)cn2n1. The summed E-state index contributed by atoms with van der Waals surface area (Å²) < 4.78 is 1.58. The van der Waals surface area contributed by atoms with Crippen molar-refractivity contribution in [3.05, 3.63) is 23.2 Å². The molecule has 0 spiro atoms. The number of aryl methyl sites for hydroxylation is 1. The van der Waals surface area contributed by atoms with Gasteiger partial charge in [-0.25, -0.2) is 9.50 Å². The predicted molar refractivity (Wildman–Crippen MR) is 53.2 cm³/mol. The van der Waals surface area contributed by atoms with E-state index in [1.54, 1.807) is 16.9 Å². The van der Waals surface area contributed by atoms with Crippen LogP contribution in [0.5, 0.6) is 0 Å². The second-order valence-corrected chi connectivity index (χ2v) is 3.37. The summed E-state index contributed by atoms with van der Waals surface area (Å²) in [6.45, 7) is 0.643. The number of aromatic nitrogens is 4. The molecule has 2 aromatic heterocycles. The van der Waals surface area contributed by atoms with Crippen LogP contribution in [0.4, 0.5) is 0 Å². The van der Waals surface area contributed by atoms with E-state index in [1.807, 2.05) is 0 Å². The quantitative estimate of drug-likeness (QED) is 0.810. The van der Waals surface area contributed by atoms with Gasteiger partial charge < -0.3 is 5.73 Å². The van der Waals surface area contributed by atoms with E-state index in [0.717, 1.165) is 18.7 Å². The monoisotopic (exact) mass is 211 g/mol. The van der Waals surface area contributed by atoms with Gasteiger partial charge in [0.15, 0.2) is 5.82 Å². The van der Waals surface area contributed by atoms with Gasteiger partial charge in [0, 0.05) is 6.42 Å². The molecule has 5 nitrogen and oxygen atoms in total. The maximum absolute atomic E-state index is 5.76. The van der Waals surface area contributed by atoms with Gasteiger partial charge in [0.2, 0.25) is 0 Å². The summed E-state index contributed by atoms with van der Waals surface area (Å²) in [5.74, 6) is 1.33. The van der Waals surface area contributed by atoms with E-state index in [0.29, 0.717) is 17.3 Å². The maximum Gasteiger partial charge on any atom is 0.252 e. The Hall–Kier alpha value is -1.20. The number of halogens is 1. The third kappa shape index (κ3) is 1.83. The Bertz CT molecular complexity index is 438. The van der Waals surface area contributed by atoms with Gasteiger partial charge in [-0.1, -0.05) is 11.6 Å². The molecule has 0 bridgehead atoms. The molecule has 6 heteroatoms. The lowest BCUT2D eigenvalue weighted by molar-refractivity contribution is 0.774. The zero-order valence-electron chi connectivity index (χ0n) is 7.52. The second-order valence-electron chi connectivity index (χ2n) is 2.94. The molecule has 0 aliphatic heterocycles. The van der Waals surface area contributed by atoms with E-state index in [4.69, 9.17) is 17.3 Å².